The lowest BCUT2D eigenvalue weighted by molar-refractivity contribution is 0.0516. The lowest BCUT2D eigenvalue weighted by Gasteiger charge is -2.30. The van der Waals surface area contributed by atoms with Crippen molar-refractivity contribution < 1.29 is 5.11 Å². The van der Waals surface area contributed by atoms with E-state index in [-0.39, 0.29) is 24.0 Å². The Morgan fingerprint density at radius 3 is 2.50 bits per heavy atom. The Morgan fingerprint density at radius 2 is 1.83 bits per heavy atom. The van der Waals surface area contributed by atoms with Crippen LogP contribution in [-0.4, -0.2) is 72.8 Å². The summed E-state index contributed by atoms with van der Waals surface area (Å²) in [4.78, 5) is 9.48. The van der Waals surface area contributed by atoms with Crippen molar-refractivity contribution in [2.75, 3.05) is 46.3 Å². The average Bonchev–Trinajstić information content (AvgIpc) is 3.19. The normalized spacial score (nSPS) is 28.0. The number of hydrogen-bond acceptors (Lipinski definition) is 3. The van der Waals surface area contributed by atoms with Crippen molar-refractivity contribution in [3.63, 3.8) is 0 Å². The summed E-state index contributed by atoms with van der Waals surface area (Å²) in [7, 11) is 1.86. The Kier molecular flexibility index (Phi) is 8.07. The van der Waals surface area contributed by atoms with Crippen LogP contribution in [0.25, 0.3) is 0 Å². The molecule has 0 aromatic carbocycles. The van der Waals surface area contributed by atoms with Crippen LogP contribution < -0.4 is 5.32 Å². The monoisotopic (exact) mass is 450 g/mol. The molecule has 2 aliphatic heterocycles. The maximum atomic E-state index is 10.5. The number of hydrogen-bond donors (Lipinski definition) is 2. The summed E-state index contributed by atoms with van der Waals surface area (Å²) in [6.07, 6.45) is 9.57. The van der Waals surface area contributed by atoms with Crippen LogP contribution in [0.15, 0.2) is 4.99 Å². The zero-order chi connectivity index (χ0) is 16.1. The highest BCUT2D eigenvalue weighted by Gasteiger charge is 2.32. The van der Waals surface area contributed by atoms with Gasteiger partial charge < -0.3 is 20.2 Å². The number of halogens is 1. The molecule has 3 aliphatic rings. The molecule has 2 saturated heterocycles. The Bertz CT molecular complexity index is 406. The fourth-order valence-electron chi connectivity index (χ4n) is 4.47. The van der Waals surface area contributed by atoms with E-state index < -0.39 is 5.60 Å². The number of piperidine rings is 1. The summed E-state index contributed by atoms with van der Waals surface area (Å²) in [5.74, 6) is 1.74. The van der Waals surface area contributed by atoms with Gasteiger partial charge in [0.15, 0.2) is 5.96 Å². The minimum absolute atomic E-state index is 0. The lowest BCUT2D eigenvalue weighted by atomic mass is 10.0. The van der Waals surface area contributed by atoms with E-state index in [2.05, 4.69) is 20.1 Å². The van der Waals surface area contributed by atoms with E-state index in [4.69, 9.17) is 0 Å². The second kappa shape index (κ2) is 9.57. The predicted octanol–water partition coefficient (Wildman–Crippen LogP) is 2.29. The minimum Gasteiger partial charge on any atom is -0.388 e. The number of rotatable bonds is 4. The largest absolute Gasteiger partial charge is 0.388 e. The third-order valence-corrected chi connectivity index (χ3v) is 5.87. The third-order valence-electron chi connectivity index (χ3n) is 5.87. The lowest BCUT2D eigenvalue weighted by Crippen LogP contribution is -2.47. The number of nitrogens with one attached hydrogen (secondary N) is 1. The first kappa shape index (κ1) is 20.2. The van der Waals surface area contributed by atoms with E-state index in [0.29, 0.717) is 6.54 Å². The van der Waals surface area contributed by atoms with E-state index in [1.165, 1.54) is 45.3 Å². The molecule has 0 radical (unpaired) electrons. The summed E-state index contributed by atoms with van der Waals surface area (Å²) >= 11 is 0. The number of aliphatic imine (C=N–C) groups is 1. The maximum absolute atomic E-state index is 10.5. The van der Waals surface area contributed by atoms with Gasteiger partial charge in [-0.2, -0.15) is 0 Å². The van der Waals surface area contributed by atoms with Crippen LogP contribution in [0.3, 0.4) is 0 Å². The molecule has 140 valence electrons. The van der Waals surface area contributed by atoms with Crippen LogP contribution in [-0.2, 0) is 0 Å². The van der Waals surface area contributed by atoms with E-state index in [9.17, 15) is 5.11 Å². The van der Waals surface area contributed by atoms with Crippen molar-refractivity contribution in [1.29, 1.82) is 0 Å². The summed E-state index contributed by atoms with van der Waals surface area (Å²) in [6, 6.07) is 0. The van der Waals surface area contributed by atoms with Crippen LogP contribution in [0.5, 0.6) is 0 Å². The molecule has 2 heterocycles. The van der Waals surface area contributed by atoms with Gasteiger partial charge in [0, 0.05) is 33.2 Å². The van der Waals surface area contributed by atoms with Crippen LogP contribution in [0.4, 0.5) is 0 Å². The summed E-state index contributed by atoms with van der Waals surface area (Å²) in [6.45, 7) is 6.67. The van der Waals surface area contributed by atoms with Crippen molar-refractivity contribution in [2.45, 2.75) is 57.0 Å². The molecule has 1 atom stereocenters. The molecule has 1 unspecified atom stereocenters. The Labute approximate surface area is 164 Å². The SMILES string of the molecule is CN=C(NCC1(O)CCCC1)N1CCC(CN2CCCCC2)C1.I. The van der Waals surface area contributed by atoms with Crippen LogP contribution >= 0.6 is 24.0 Å². The van der Waals surface area contributed by atoms with Gasteiger partial charge in [0.25, 0.3) is 0 Å². The molecule has 5 nitrogen and oxygen atoms in total. The van der Waals surface area contributed by atoms with Crippen LogP contribution in [0.2, 0.25) is 0 Å². The van der Waals surface area contributed by atoms with Crippen LogP contribution in [0.1, 0.15) is 51.4 Å². The van der Waals surface area contributed by atoms with Crippen molar-refractivity contribution in [3.8, 4) is 0 Å². The first-order valence-corrected chi connectivity index (χ1v) is 9.59. The molecule has 0 spiro atoms. The second-order valence-electron chi connectivity index (χ2n) is 7.79. The average molecular weight is 450 g/mol. The molecule has 24 heavy (non-hydrogen) atoms. The predicted molar refractivity (Wildman–Crippen MR) is 110 cm³/mol. The molecule has 0 amide bonds. The van der Waals surface area contributed by atoms with Gasteiger partial charge in [-0.15, -0.1) is 24.0 Å². The summed E-state index contributed by atoms with van der Waals surface area (Å²) in [5.41, 5.74) is -0.511. The highest BCUT2D eigenvalue weighted by Crippen LogP contribution is 2.28. The van der Waals surface area contributed by atoms with E-state index in [1.807, 2.05) is 7.05 Å². The molecule has 3 fully saturated rings. The number of aliphatic hydroxyl groups is 1. The van der Waals surface area contributed by atoms with Crippen molar-refractivity contribution in [3.05, 3.63) is 0 Å². The number of likely N-dealkylation sites (tertiary alicyclic amines) is 2. The maximum Gasteiger partial charge on any atom is 0.193 e. The molecule has 1 aliphatic carbocycles. The Balaban J connectivity index is 0.00000208. The van der Waals surface area contributed by atoms with Gasteiger partial charge in [0.05, 0.1) is 5.60 Å². The molecule has 0 aromatic rings. The molecular weight excluding hydrogens is 415 g/mol. The minimum atomic E-state index is -0.511. The highest BCUT2D eigenvalue weighted by atomic mass is 127. The van der Waals surface area contributed by atoms with Gasteiger partial charge in [0.2, 0.25) is 0 Å². The molecular formula is C18H35IN4O. The fraction of sp³-hybridized carbons (Fsp3) is 0.944. The van der Waals surface area contributed by atoms with Crippen molar-refractivity contribution in [2.24, 2.45) is 10.9 Å². The highest BCUT2D eigenvalue weighted by molar-refractivity contribution is 14.0. The third kappa shape index (κ3) is 5.46. The standard InChI is InChI=1S/C18H34N4O.HI/c1-19-17(20-15-18(23)8-3-4-9-18)22-12-7-16(14-22)13-21-10-5-2-6-11-21;/h16,23H,2-15H2,1H3,(H,19,20);1H. The van der Waals surface area contributed by atoms with E-state index in [0.717, 1.165) is 50.7 Å². The number of nitrogens with zero attached hydrogens (tertiary/aromatic N) is 3. The van der Waals surface area contributed by atoms with Gasteiger partial charge in [-0.3, -0.25) is 4.99 Å². The zero-order valence-corrected chi connectivity index (χ0v) is 17.5. The fourth-order valence-corrected chi connectivity index (χ4v) is 4.47. The van der Waals surface area contributed by atoms with Gasteiger partial charge in [-0.1, -0.05) is 19.3 Å². The van der Waals surface area contributed by atoms with Gasteiger partial charge in [-0.25, -0.2) is 0 Å². The molecule has 3 rings (SSSR count). The Morgan fingerprint density at radius 1 is 1.12 bits per heavy atom. The first-order valence-electron chi connectivity index (χ1n) is 9.59. The summed E-state index contributed by atoms with van der Waals surface area (Å²) < 4.78 is 0. The van der Waals surface area contributed by atoms with E-state index in [1.54, 1.807) is 0 Å². The van der Waals surface area contributed by atoms with Crippen molar-refractivity contribution in [1.82, 2.24) is 15.1 Å². The topological polar surface area (TPSA) is 51.1 Å². The van der Waals surface area contributed by atoms with Gasteiger partial charge in [0.1, 0.15) is 0 Å². The zero-order valence-electron chi connectivity index (χ0n) is 15.2. The molecule has 2 N–H and O–H groups in total. The Hall–Kier alpha value is -0.0800. The molecule has 0 bridgehead atoms. The first-order chi connectivity index (χ1) is 11.2. The summed E-state index contributed by atoms with van der Waals surface area (Å²) in [5, 5.41) is 13.9. The quantitative estimate of drug-likeness (QED) is 0.392. The van der Waals surface area contributed by atoms with Crippen molar-refractivity contribution >= 4 is 29.9 Å². The van der Waals surface area contributed by atoms with Gasteiger partial charge in [-0.05, 0) is 51.1 Å². The number of guanidine groups is 1. The second-order valence-corrected chi connectivity index (χ2v) is 7.79. The van der Waals surface area contributed by atoms with Crippen LogP contribution in [0, 0.1) is 5.92 Å². The molecule has 6 heteroatoms. The van der Waals surface area contributed by atoms with E-state index >= 15 is 0 Å². The smallest absolute Gasteiger partial charge is 0.193 e. The van der Waals surface area contributed by atoms with Gasteiger partial charge >= 0.3 is 0 Å². The molecule has 1 saturated carbocycles. The molecule has 0 aromatic heterocycles.